The summed E-state index contributed by atoms with van der Waals surface area (Å²) in [5.41, 5.74) is 2.34. The first-order valence-electron chi connectivity index (χ1n) is 8.47. The minimum absolute atomic E-state index is 0.0464. The molecule has 1 aromatic carbocycles. The van der Waals surface area contributed by atoms with Crippen molar-refractivity contribution in [2.24, 2.45) is 0 Å². The predicted octanol–water partition coefficient (Wildman–Crippen LogP) is 3.19. The van der Waals surface area contributed by atoms with Gasteiger partial charge in [-0.25, -0.2) is 18.4 Å². The molecule has 0 spiro atoms. The van der Waals surface area contributed by atoms with Crippen LogP contribution in [0, 0.1) is 0 Å². The zero-order valence-electron chi connectivity index (χ0n) is 15.4. The third-order valence-electron chi connectivity index (χ3n) is 4.07. The topological polar surface area (TPSA) is 98.2 Å². The number of thiophene rings is 1. The number of anilines is 1. The molecule has 0 aliphatic heterocycles. The lowest BCUT2D eigenvalue weighted by Crippen LogP contribution is -2.13. The molecule has 28 heavy (non-hydrogen) atoms. The summed E-state index contributed by atoms with van der Waals surface area (Å²) in [4.78, 5) is 20.7. The summed E-state index contributed by atoms with van der Waals surface area (Å²) in [5.74, 6) is 0.327. The molecule has 0 saturated carbocycles. The number of carbonyl (C=O) groups is 1. The van der Waals surface area contributed by atoms with E-state index in [1.807, 2.05) is 11.4 Å². The summed E-state index contributed by atoms with van der Waals surface area (Å²) in [6.07, 6.45) is 3.22. The Morgan fingerprint density at radius 3 is 2.68 bits per heavy atom. The van der Waals surface area contributed by atoms with Crippen molar-refractivity contribution >= 4 is 32.1 Å². The van der Waals surface area contributed by atoms with Crippen LogP contribution in [0.3, 0.4) is 0 Å². The molecular weight excluding hydrogens is 398 g/mol. The van der Waals surface area contributed by atoms with E-state index < -0.39 is 9.84 Å². The average molecular weight is 418 g/mol. The Kier molecular flexibility index (Phi) is 6.05. The number of hydrogen-bond donors (Lipinski definition) is 1. The van der Waals surface area contributed by atoms with Gasteiger partial charge in [-0.1, -0.05) is 19.1 Å². The Balaban J connectivity index is 1.67. The normalized spacial score (nSPS) is 11.2. The molecule has 146 valence electrons. The van der Waals surface area contributed by atoms with E-state index in [0.29, 0.717) is 10.9 Å². The SMILES string of the molecule is CCS(=O)(=O)c1ccc(CC(=O)Nc2cc(-c3cncnc3OC)cs2)cc1. The van der Waals surface area contributed by atoms with Gasteiger partial charge in [0.1, 0.15) is 6.33 Å². The first-order valence-corrected chi connectivity index (χ1v) is 11.0. The summed E-state index contributed by atoms with van der Waals surface area (Å²) in [6.45, 7) is 1.60. The maximum atomic E-state index is 12.3. The van der Waals surface area contributed by atoms with Crippen molar-refractivity contribution in [3.8, 4) is 17.0 Å². The Hall–Kier alpha value is -2.78. The molecule has 0 bridgehead atoms. The van der Waals surface area contributed by atoms with Crippen molar-refractivity contribution in [2.45, 2.75) is 18.2 Å². The van der Waals surface area contributed by atoms with Gasteiger partial charge in [0, 0.05) is 17.1 Å². The van der Waals surface area contributed by atoms with Crippen LogP contribution in [-0.4, -0.2) is 37.2 Å². The fourth-order valence-corrected chi connectivity index (χ4v) is 4.27. The highest BCUT2D eigenvalue weighted by Gasteiger charge is 2.13. The molecule has 3 aromatic rings. The highest BCUT2D eigenvalue weighted by molar-refractivity contribution is 7.91. The van der Waals surface area contributed by atoms with Gasteiger partial charge >= 0.3 is 0 Å². The fourth-order valence-electron chi connectivity index (χ4n) is 2.57. The van der Waals surface area contributed by atoms with Crippen LogP contribution in [0.1, 0.15) is 12.5 Å². The van der Waals surface area contributed by atoms with E-state index in [-0.39, 0.29) is 23.0 Å². The number of rotatable bonds is 7. The van der Waals surface area contributed by atoms with Gasteiger partial charge in [0.15, 0.2) is 9.84 Å². The second-order valence-electron chi connectivity index (χ2n) is 5.92. The molecular formula is C19H19N3O4S2. The summed E-state index contributed by atoms with van der Waals surface area (Å²) in [5, 5.41) is 5.43. The van der Waals surface area contributed by atoms with E-state index in [1.165, 1.54) is 36.9 Å². The van der Waals surface area contributed by atoms with Gasteiger partial charge in [0.05, 0.1) is 34.7 Å². The number of hydrogen-bond acceptors (Lipinski definition) is 7. The van der Waals surface area contributed by atoms with Gasteiger partial charge in [-0.15, -0.1) is 11.3 Å². The first-order chi connectivity index (χ1) is 13.4. The molecule has 0 aliphatic rings. The standard InChI is InChI=1S/C19H19N3O4S2/c1-3-28(24,25)15-6-4-13(5-7-15)8-17(23)22-18-9-14(11-27-18)16-10-20-12-21-19(16)26-2/h4-7,9-12H,3,8H2,1-2H3,(H,22,23). The molecule has 0 atom stereocenters. The largest absolute Gasteiger partial charge is 0.480 e. The molecule has 9 heteroatoms. The Bertz CT molecular complexity index is 1080. The van der Waals surface area contributed by atoms with Crippen LogP contribution in [0.2, 0.25) is 0 Å². The predicted molar refractivity (Wildman–Crippen MR) is 108 cm³/mol. The number of sulfone groups is 1. The Morgan fingerprint density at radius 2 is 2.00 bits per heavy atom. The number of nitrogens with one attached hydrogen (secondary N) is 1. The van der Waals surface area contributed by atoms with Crippen LogP contribution in [0.25, 0.3) is 11.1 Å². The van der Waals surface area contributed by atoms with Crippen molar-refractivity contribution in [3.63, 3.8) is 0 Å². The van der Waals surface area contributed by atoms with E-state index in [9.17, 15) is 13.2 Å². The van der Waals surface area contributed by atoms with Crippen molar-refractivity contribution in [1.29, 1.82) is 0 Å². The Morgan fingerprint density at radius 1 is 1.25 bits per heavy atom. The molecule has 3 rings (SSSR count). The van der Waals surface area contributed by atoms with Crippen LogP contribution < -0.4 is 10.1 Å². The van der Waals surface area contributed by atoms with E-state index in [0.717, 1.165) is 16.7 Å². The average Bonchev–Trinajstić information content (AvgIpc) is 3.16. The quantitative estimate of drug-likeness (QED) is 0.634. The third-order valence-corrected chi connectivity index (χ3v) is 6.67. The van der Waals surface area contributed by atoms with E-state index in [2.05, 4.69) is 15.3 Å². The van der Waals surface area contributed by atoms with Crippen LogP contribution in [-0.2, 0) is 21.1 Å². The molecule has 0 unspecified atom stereocenters. The third kappa shape index (κ3) is 4.55. The minimum Gasteiger partial charge on any atom is -0.480 e. The number of amides is 1. The zero-order chi connectivity index (χ0) is 20.1. The van der Waals surface area contributed by atoms with Crippen LogP contribution in [0.15, 0.2) is 53.1 Å². The molecule has 2 heterocycles. The van der Waals surface area contributed by atoms with Gasteiger partial charge in [0.25, 0.3) is 0 Å². The lowest BCUT2D eigenvalue weighted by atomic mass is 10.1. The molecule has 0 aliphatic carbocycles. The first kappa shape index (κ1) is 20.0. The number of aromatic nitrogens is 2. The molecule has 2 aromatic heterocycles. The molecule has 0 radical (unpaired) electrons. The molecule has 7 nitrogen and oxygen atoms in total. The van der Waals surface area contributed by atoms with Crippen LogP contribution in [0.4, 0.5) is 5.00 Å². The number of benzene rings is 1. The maximum absolute atomic E-state index is 12.3. The van der Waals surface area contributed by atoms with Gasteiger partial charge in [-0.2, -0.15) is 0 Å². The van der Waals surface area contributed by atoms with Gasteiger partial charge in [-0.3, -0.25) is 4.79 Å². The summed E-state index contributed by atoms with van der Waals surface area (Å²) >= 11 is 1.39. The smallest absolute Gasteiger partial charge is 0.229 e. The summed E-state index contributed by atoms with van der Waals surface area (Å²) < 4.78 is 28.9. The van der Waals surface area contributed by atoms with E-state index in [4.69, 9.17) is 4.74 Å². The summed E-state index contributed by atoms with van der Waals surface area (Å²) in [7, 11) is -1.70. The number of methoxy groups -OCH3 is 1. The number of carbonyl (C=O) groups excluding carboxylic acids is 1. The van der Waals surface area contributed by atoms with Crippen molar-refractivity contribution in [1.82, 2.24) is 9.97 Å². The second-order valence-corrected chi connectivity index (χ2v) is 9.11. The van der Waals surface area contributed by atoms with Gasteiger partial charge in [0.2, 0.25) is 11.8 Å². The summed E-state index contributed by atoms with van der Waals surface area (Å²) in [6, 6.07) is 8.22. The van der Waals surface area contributed by atoms with Crippen molar-refractivity contribution in [2.75, 3.05) is 18.2 Å². The maximum Gasteiger partial charge on any atom is 0.229 e. The van der Waals surface area contributed by atoms with Gasteiger partial charge < -0.3 is 10.1 Å². The van der Waals surface area contributed by atoms with Crippen LogP contribution >= 0.6 is 11.3 Å². The van der Waals surface area contributed by atoms with Crippen LogP contribution in [0.5, 0.6) is 5.88 Å². The lowest BCUT2D eigenvalue weighted by molar-refractivity contribution is -0.115. The van der Waals surface area contributed by atoms with Crippen molar-refractivity contribution < 1.29 is 17.9 Å². The highest BCUT2D eigenvalue weighted by atomic mass is 32.2. The van der Waals surface area contributed by atoms with Gasteiger partial charge in [-0.05, 0) is 23.8 Å². The molecule has 1 N–H and O–H groups in total. The number of nitrogens with zero attached hydrogens (tertiary/aromatic N) is 2. The zero-order valence-corrected chi connectivity index (χ0v) is 17.0. The minimum atomic E-state index is -3.24. The highest BCUT2D eigenvalue weighted by Crippen LogP contribution is 2.33. The molecule has 1 amide bonds. The number of ether oxygens (including phenoxy) is 1. The van der Waals surface area contributed by atoms with Crippen molar-refractivity contribution in [3.05, 3.63) is 53.8 Å². The fraction of sp³-hybridized carbons (Fsp3) is 0.211. The second kappa shape index (κ2) is 8.49. The monoisotopic (exact) mass is 417 g/mol. The van der Waals surface area contributed by atoms with E-state index >= 15 is 0 Å². The molecule has 0 fully saturated rings. The molecule has 0 saturated heterocycles. The Labute approximate surface area is 167 Å². The lowest BCUT2D eigenvalue weighted by Gasteiger charge is -2.05. The van der Waals surface area contributed by atoms with E-state index in [1.54, 1.807) is 25.3 Å².